The average Bonchev–Trinajstić information content (AvgIpc) is 2.92. The lowest BCUT2D eigenvalue weighted by Crippen LogP contribution is -2.13. The van der Waals surface area contributed by atoms with Crippen molar-refractivity contribution in [3.8, 4) is 5.75 Å². The number of pyridine rings is 1. The molecule has 0 spiro atoms. The first-order chi connectivity index (χ1) is 9.79. The van der Waals surface area contributed by atoms with Gasteiger partial charge in [-0.05, 0) is 30.2 Å². The third-order valence-electron chi connectivity index (χ3n) is 3.49. The number of ether oxygens (including phenoxy) is 1. The van der Waals surface area contributed by atoms with E-state index in [9.17, 15) is 0 Å². The van der Waals surface area contributed by atoms with Crippen LogP contribution in [-0.4, -0.2) is 16.7 Å². The Bertz CT molecular complexity index is 720. The van der Waals surface area contributed by atoms with Crippen LogP contribution in [-0.2, 0) is 6.42 Å². The van der Waals surface area contributed by atoms with Gasteiger partial charge in [0.05, 0.1) is 18.8 Å². The van der Waals surface area contributed by atoms with Gasteiger partial charge in [-0.2, -0.15) is 5.10 Å². The molecule has 1 atom stereocenters. The molecule has 3 rings (SSSR count). The van der Waals surface area contributed by atoms with Crippen LogP contribution >= 0.6 is 0 Å². The first kappa shape index (κ1) is 12.7. The molecule has 0 aliphatic carbocycles. The van der Waals surface area contributed by atoms with E-state index in [1.807, 2.05) is 59.4 Å². The van der Waals surface area contributed by atoms with E-state index in [1.54, 1.807) is 7.11 Å². The molecule has 2 heterocycles. The van der Waals surface area contributed by atoms with Gasteiger partial charge in [0.25, 0.3) is 0 Å². The number of nitrogens with zero attached hydrogens (tertiary/aromatic N) is 2. The number of rotatable bonds is 4. The molecule has 20 heavy (non-hydrogen) atoms. The number of aromatic nitrogens is 2. The monoisotopic (exact) mass is 267 g/mol. The minimum absolute atomic E-state index is 0.105. The van der Waals surface area contributed by atoms with Gasteiger partial charge in [0.15, 0.2) is 0 Å². The number of nitrogens with two attached hydrogens (primary N) is 1. The molecular formula is C16H17N3O. The summed E-state index contributed by atoms with van der Waals surface area (Å²) in [6.07, 6.45) is 4.49. The topological polar surface area (TPSA) is 52.5 Å². The largest absolute Gasteiger partial charge is 0.496 e. The molecule has 3 aromatic rings. The Kier molecular flexibility index (Phi) is 3.39. The van der Waals surface area contributed by atoms with Gasteiger partial charge in [-0.15, -0.1) is 0 Å². The summed E-state index contributed by atoms with van der Waals surface area (Å²) in [7, 11) is 1.68. The minimum atomic E-state index is -0.105. The van der Waals surface area contributed by atoms with Crippen LogP contribution in [0.1, 0.15) is 17.2 Å². The zero-order valence-electron chi connectivity index (χ0n) is 11.4. The zero-order valence-corrected chi connectivity index (χ0v) is 11.4. The molecule has 2 N–H and O–H groups in total. The van der Waals surface area contributed by atoms with Crippen LogP contribution in [0.15, 0.2) is 54.9 Å². The molecule has 0 amide bonds. The molecule has 2 aromatic heterocycles. The summed E-state index contributed by atoms with van der Waals surface area (Å²) in [6, 6.07) is 13.8. The summed E-state index contributed by atoms with van der Waals surface area (Å²) in [5, 5.41) is 4.33. The molecule has 0 aliphatic rings. The molecule has 0 fully saturated rings. The van der Waals surface area contributed by atoms with Crippen molar-refractivity contribution in [2.45, 2.75) is 12.5 Å². The van der Waals surface area contributed by atoms with E-state index in [4.69, 9.17) is 10.5 Å². The Hall–Kier alpha value is -2.33. The van der Waals surface area contributed by atoms with Gasteiger partial charge in [-0.1, -0.05) is 24.3 Å². The van der Waals surface area contributed by atoms with Crippen LogP contribution in [0.25, 0.3) is 5.52 Å². The Morgan fingerprint density at radius 1 is 1.20 bits per heavy atom. The second-order valence-electron chi connectivity index (χ2n) is 4.75. The van der Waals surface area contributed by atoms with Crippen molar-refractivity contribution in [1.29, 1.82) is 0 Å². The summed E-state index contributed by atoms with van der Waals surface area (Å²) in [6.45, 7) is 0. The molecule has 0 saturated carbocycles. The SMILES string of the molecule is COc1ccccc1CC(N)c1cnn2ccccc12. The van der Waals surface area contributed by atoms with E-state index in [0.717, 1.165) is 28.8 Å². The smallest absolute Gasteiger partial charge is 0.122 e. The van der Waals surface area contributed by atoms with Crippen LogP contribution in [0.5, 0.6) is 5.75 Å². The highest BCUT2D eigenvalue weighted by Crippen LogP contribution is 2.25. The second kappa shape index (κ2) is 5.35. The molecular weight excluding hydrogens is 250 g/mol. The fourth-order valence-electron chi connectivity index (χ4n) is 2.46. The summed E-state index contributed by atoms with van der Waals surface area (Å²) in [5.41, 5.74) is 9.56. The van der Waals surface area contributed by atoms with Crippen molar-refractivity contribution in [2.75, 3.05) is 7.11 Å². The van der Waals surface area contributed by atoms with Crippen molar-refractivity contribution in [2.24, 2.45) is 5.73 Å². The number of benzene rings is 1. The highest BCUT2D eigenvalue weighted by Gasteiger charge is 2.14. The number of hydrogen-bond donors (Lipinski definition) is 1. The van der Waals surface area contributed by atoms with E-state index < -0.39 is 0 Å². The molecule has 102 valence electrons. The molecule has 0 radical (unpaired) electrons. The summed E-state index contributed by atoms with van der Waals surface area (Å²) < 4.78 is 7.22. The maximum atomic E-state index is 6.35. The first-order valence-corrected chi connectivity index (χ1v) is 6.59. The maximum absolute atomic E-state index is 6.35. The lowest BCUT2D eigenvalue weighted by molar-refractivity contribution is 0.408. The molecule has 1 unspecified atom stereocenters. The van der Waals surface area contributed by atoms with Gasteiger partial charge in [0.1, 0.15) is 5.75 Å². The average molecular weight is 267 g/mol. The Morgan fingerprint density at radius 2 is 2.00 bits per heavy atom. The number of para-hydroxylation sites is 1. The van der Waals surface area contributed by atoms with Crippen molar-refractivity contribution in [1.82, 2.24) is 9.61 Å². The van der Waals surface area contributed by atoms with Crippen LogP contribution in [0.3, 0.4) is 0 Å². The van der Waals surface area contributed by atoms with Crippen molar-refractivity contribution < 1.29 is 4.74 Å². The predicted octanol–water partition coefficient (Wildman–Crippen LogP) is 2.59. The van der Waals surface area contributed by atoms with E-state index in [0.29, 0.717) is 0 Å². The fourth-order valence-corrected chi connectivity index (χ4v) is 2.46. The molecule has 0 bridgehead atoms. The van der Waals surface area contributed by atoms with Crippen molar-refractivity contribution in [3.63, 3.8) is 0 Å². The van der Waals surface area contributed by atoms with E-state index in [-0.39, 0.29) is 6.04 Å². The van der Waals surface area contributed by atoms with Gasteiger partial charge in [0.2, 0.25) is 0 Å². The Labute approximate surface area is 117 Å². The van der Waals surface area contributed by atoms with Crippen LogP contribution in [0.2, 0.25) is 0 Å². The van der Waals surface area contributed by atoms with Gasteiger partial charge in [-0.3, -0.25) is 0 Å². The lowest BCUT2D eigenvalue weighted by Gasteiger charge is -2.13. The van der Waals surface area contributed by atoms with Crippen molar-refractivity contribution in [3.05, 3.63) is 66.0 Å². The summed E-state index contributed by atoms with van der Waals surface area (Å²) in [4.78, 5) is 0. The third-order valence-corrected chi connectivity index (χ3v) is 3.49. The fraction of sp³-hybridized carbons (Fsp3) is 0.188. The molecule has 4 heteroatoms. The second-order valence-corrected chi connectivity index (χ2v) is 4.75. The van der Waals surface area contributed by atoms with E-state index in [2.05, 4.69) is 5.10 Å². The Balaban J connectivity index is 1.91. The third kappa shape index (κ3) is 2.26. The number of fused-ring (bicyclic) bond motifs is 1. The minimum Gasteiger partial charge on any atom is -0.496 e. The number of methoxy groups -OCH3 is 1. The first-order valence-electron chi connectivity index (χ1n) is 6.59. The highest BCUT2D eigenvalue weighted by atomic mass is 16.5. The molecule has 1 aromatic carbocycles. The normalized spacial score (nSPS) is 12.5. The van der Waals surface area contributed by atoms with Crippen LogP contribution in [0.4, 0.5) is 0 Å². The summed E-state index contributed by atoms with van der Waals surface area (Å²) in [5.74, 6) is 0.874. The summed E-state index contributed by atoms with van der Waals surface area (Å²) >= 11 is 0. The standard InChI is InChI=1S/C16H17N3O/c1-20-16-8-3-2-6-12(16)10-14(17)13-11-18-19-9-5-4-7-15(13)19/h2-9,11,14H,10,17H2,1H3. The van der Waals surface area contributed by atoms with Crippen LogP contribution in [0, 0.1) is 0 Å². The van der Waals surface area contributed by atoms with Gasteiger partial charge in [-0.25, -0.2) is 4.52 Å². The van der Waals surface area contributed by atoms with Gasteiger partial charge < -0.3 is 10.5 Å². The molecule has 0 saturated heterocycles. The predicted molar refractivity (Wildman–Crippen MR) is 78.8 cm³/mol. The number of hydrogen-bond acceptors (Lipinski definition) is 3. The van der Waals surface area contributed by atoms with Gasteiger partial charge in [0, 0.05) is 17.8 Å². The molecule has 4 nitrogen and oxygen atoms in total. The van der Waals surface area contributed by atoms with Gasteiger partial charge >= 0.3 is 0 Å². The quantitative estimate of drug-likeness (QED) is 0.790. The maximum Gasteiger partial charge on any atom is 0.122 e. The lowest BCUT2D eigenvalue weighted by atomic mass is 10.00. The Morgan fingerprint density at radius 3 is 2.85 bits per heavy atom. The van der Waals surface area contributed by atoms with Crippen molar-refractivity contribution >= 4 is 5.52 Å². The highest BCUT2D eigenvalue weighted by molar-refractivity contribution is 5.55. The van der Waals surface area contributed by atoms with E-state index in [1.165, 1.54) is 0 Å². The van der Waals surface area contributed by atoms with Crippen LogP contribution < -0.4 is 10.5 Å². The zero-order chi connectivity index (χ0) is 13.9. The van der Waals surface area contributed by atoms with E-state index >= 15 is 0 Å². The molecule has 0 aliphatic heterocycles.